The highest BCUT2D eigenvalue weighted by atomic mass is 35.5. The molecule has 0 spiro atoms. The summed E-state index contributed by atoms with van der Waals surface area (Å²) >= 11 is 7.49. The first-order valence-electron chi connectivity index (χ1n) is 6.90. The minimum Gasteiger partial charge on any atom is -0.481 e. The molecule has 8 heteroatoms. The number of rotatable bonds is 6. The molecule has 0 unspecified atom stereocenters. The molecule has 0 amide bonds. The van der Waals surface area contributed by atoms with E-state index in [2.05, 4.69) is 4.72 Å². The average molecular weight is 376 g/mol. The lowest BCUT2D eigenvalue weighted by Gasteiger charge is -2.19. The molecule has 2 aromatic rings. The monoisotopic (exact) mass is 375 g/mol. The lowest BCUT2D eigenvalue weighted by molar-refractivity contribution is -0.145. The number of carboxylic acid groups (broad SMARTS) is 1. The van der Waals surface area contributed by atoms with Gasteiger partial charge in [-0.15, -0.1) is 11.3 Å². The highest BCUT2D eigenvalue weighted by Crippen LogP contribution is 2.32. The Hall–Kier alpha value is -1.15. The number of fused-ring (bicyclic) bond motifs is 1. The Kier molecular flexibility index (Phi) is 5.06. The number of hydrogen-bond donors (Lipinski definition) is 2. The summed E-state index contributed by atoms with van der Waals surface area (Å²) < 4.78 is 27.8. The van der Waals surface area contributed by atoms with Crippen LogP contribution >= 0.6 is 22.9 Å². The van der Waals surface area contributed by atoms with Crippen molar-refractivity contribution in [3.63, 3.8) is 0 Å². The van der Waals surface area contributed by atoms with Crippen molar-refractivity contribution >= 4 is 49.0 Å². The number of nitrogens with one attached hydrogen (secondary N) is 1. The van der Waals surface area contributed by atoms with Crippen molar-refractivity contribution in [1.82, 2.24) is 4.72 Å². The topological polar surface area (TPSA) is 83.5 Å². The summed E-state index contributed by atoms with van der Waals surface area (Å²) in [6.45, 7) is 4.84. The summed E-state index contributed by atoms with van der Waals surface area (Å²) in [5.74, 6) is -1.61. The lowest BCUT2D eigenvalue weighted by Crippen LogP contribution is -2.37. The number of thiophene rings is 1. The summed E-state index contributed by atoms with van der Waals surface area (Å²) in [6, 6.07) is 5.55. The van der Waals surface area contributed by atoms with Gasteiger partial charge in [0.2, 0.25) is 10.0 Å². The summed E-state index contributed by atoms with van der Waals surface area (Å²) in [6.07, 6.45) is 0. The molecule has 0 aliphatic rings. The third-order valence-electron chi connectivity index (χ3n) is 3.58. The SMILES string of the molecule is Cc1c(CNS(=O)(=O)CC(C)(C)C(=O)O)sc2ccc(Cl)cc12. The van der Waals surface area contributed by atoms with Crippen molar-refractivity contribution in [2.75, 3.05) is 5.75 Å². The van der Waals surface area contributed by atoms with Gasteiger partial charge in [-0.3, -0.25) is 4.79 Å². The van der Waals surface area contributed by atoms with E-state index in [1.54, 1.807) is 6.07 Å². The van der Waals surface area contributed by atoms with Crippen LogP contribution in [-0.4, -0.2) is 25.2 Å². The van der Waals surface area contributed by atoms with Crippen LogP contribution in [0.5, 0.6) is 0 Å². The van der Waals surface area contributed by atoms with Crippen molar-refractivity contribution in [2.45, 2.75) is 27.3 Å². The van der Waals surface area contributed by atoms with E-state index in [1.165, 1.54) is 25.2 Å². The molecule has 0 aliphatic heterocycles. The maximum absolute atomic E-state index is 12.1. The third kappa shape index (κ3) is 4.23. The third-order valence-corrected chi connectivity index (χ3v) is 6.77. The Morgan fingerprint density at radius 3 is 2.65 bits per heavy atom. The van der Waals surface area contributed by atoms with Gasteiger partial charge in [-0.05, 0) is 49.9 Å². The maximum atomic E-state index is 12.1. The molecule has 23 heavy (non-hydrogen) atoms. The van der Waals surface area contributed by atoms with Gasteiger partial charge in [-0.1, -0.05) is 11.6 Å². The molecule has 1 heterocycles. The fraction of sp³-hybridized carbons (Fsp3) is 0.400. The number of aryl methyl sites for hydroxylation is 1. The van der Waals surface area contributed by atoms with Crippen molar-refractivity contribution < 1.29 is 18.3 Å². The predicted molar refractivity (Wildman–Crippen MR) is 93.6 cm³/mol. The van der Waals surface area contributed by atoms with Crippen LogP contribution in [0.15, 0.2) is 18.2 Å². The number of benzene rings is 1. The van der Waals surface area contributed by atoms with Gasteiger partial charge in [0, 0.05) is 21.1 Å². The molecule has 0 saturated heterocycles. The fourth-order valence-electron chi connectivity index (χ4n) is 2.18. The van der Waals surface area contributed by atoms with E-state index in [-0.39, 0.29) is 6.54 Å². The van der Waals surface area contributed by atoms with Crippen LogP contribution in [0, 0.1) is 12.3 Å². The summed E-state index contributed by atoms with van der Waals surface area (Å²) in [7, 11) is -3.70. The Balaban J connectivity index is 2.17. The molecule has 1 aromatic carbocycles. The van der Waals surface area contributed by atoms with Gasteiger partial charge in [0.1, 0.15) is 0 Å². The predicted octanol–water partition coefficient (Wildman–Crippen LogP) is 3.39. The number of halogens is 1. The second kappa shape index (κ2) is 6.39. The van der Waals surface area contributed by atoms with Crippen LogP contribution in [0.25, 0.3) is 10.1 Å². The van der Waals surface area contributed by atoms with Gasteiger partial charge in [0.15, 0.2) is 0 Å². The largest absolute Gasteiger partial charge is 0.481 e. The fourth-order valence-corrected chi connectivity index (χ4v) is 5.11. The summed E-state index contributed by atoms with van der Waals surface area (Å²) in [4.78, 5) is 12.0. The molecule has 126 valence electrons. The zero-order chi connectivity index (χ0) is 17.4. The molecule has 5 nitrogen and oxygen atoms in total. The second-order valence-corrected chi connectivity index (χ2v) is 9.44. The first kappa shape index (κ1) is 18.2. The normalized spacial score (nSPS) is 12.7. The van der Waals surface area contributed by atoms with Crippen LogP contribution in [0.1, 0.15) is 24.3 Å². The van der Waals surface area contributed by atoms with E-state index >= 15 is 0 Å². The van der Waals surface area contributed by atoms with Crippen molar-refractivity contribution in [1.29, 1.82) is 0 Å². The Labute approximate surface area is 144 Å². The number of hydrogen-bond acceptors (Lipinski definition) is 4. The van der Waals surface area contributed by atoms with Gasteiger partial charge >= 0.3 is 5.97 Å². The molecule has 2 rings (SSSR count). The Morgan fingerprint density at radius 2 is 2.04 bits per heavy atom. The van der Waals surface area contributed by atoms with Crippen LogP contribution in [0.3, 0.4) is 0 Å². The van der Waals surface area contributed by atoms with E-state index in [0.717, 1.165) is 20.5 Å². The smallest absolute Gasteiger partial charge is 0.310 e. The average Bonchev–Trinajstić information content (AvgIpc) is 2.72. The Bertz CT molecular complexity index is 856. The minimum atomic E-state index is -3.70. The quantitative estimate of drug-likeness (QED) is 0.810. The summed E-state index contributed by atoms with van der Waals surface area (Å²) in [5.41, 5.74) is -0.359. The lowest BCUT2D eigenvalue weighted by atomic mass is 9.97. The van der Waals surface area contributed by atoms with Crippen LogP contribution < -0.4 is 4.72 Å². The number of carbonyl (C=O) groups is 1. The van der Waals surface area contributed by atoms with Gasteiger partial charge in [-0.25, -0.2) is 13.1 Å². The van der Waals surface area contributed by atoms with Crippen LogP contribution in [0.4, 0.5) is 0 Å². The van der Waals surface area contributed by atoms with Gasteiger partial charge < -0.3 is 5.11 Å². The molecule has 0 saturated carbocycles. The minimum absolute atomic E-state index is 0.140. The van der Waals surface area contributed by atoms with E-state index in [9.17, 15) is 13.2 Å². The van der Waals surface area contributed by atoms with Gasteiger partial charge in [0.25, 0.3) is 0 Å². The molecule has 1 aromatic heterocycles. The molecule has 0 fully saturated rings. The maximum Gasteiger partial charge on any atom is 0.310 e. The molecule has 0 radical (unpaired) electrons. The van der Waals surface area contributed by atoms with Gasteiger partial charge in [-0.2, -0.15) is 0 Å². The molecule has 2 N–H and O–H groups in total. The standard InChI is InChI=1S/C15H18ClNO4S2/c1-9-11-6-10(16)4-5-12(11)22-13(9)7-17-23(20,21)8-15(2,3)14(18)19/h4-6,17H,7-8H2,1-3H3,(H,18,19). The number of aliphatic carboxylic acids is 1. The van der Waals surface area contributed by atoms with Crippen molar-refractivity contribution in [3.8, 4) is 0 Å². The first-order chi connectivity index (χ1) is 10.5. The molecule has 0 bridgehead atoms. The zero-order valence-electron chi connectivity index (χ0n) is 13.0. The highest BCUT2D eigenvalue weighted by molar-refractivity contribution is 7.89. The number of sulfonamides is 1. The Morgan fingerprint density at radius 1 is 1.39 bits per heavy atom. The van der Waals surface area contributed by atoms with Crippen molar-refractivity contribution in [3.05, 3.63) is 33.7 Å². The second-order valence-electron chi connectivity index (χ2n) is 6.06. The first-order valence-corrected chi connectivity index (χ1v) is 9.75. The molecule has 0 atom stereocenters. The van der Waals surface area contributed by atoms with E-state index in [1.807, 2.05) is 19.1 Å². The van der Waals surface area contributed by atoms with Crippen LogP contribution in [-0.2, 0) is 21.4 Å². The molecule has 0 aliphatic carbocycles. The van der Waals surface area contributed by atoms with Crippen molar-refractivity contribution in [2.24, 2.45) is 5.41 Å². The van der Waals surface area contributed by atoms with E-state index < -0.39 is 27.2 Å². The van der Waals surface area contributed by atoms with E-state index in [0.29, 0.717) is 5.02 Å². The van der Waals surface area contributed by atoms with Crippen LogP contribution in [0.2, 0.25) is 5.02 Å². The number of carboxylic acids is 1. The van der Waals surface area contributed by atoms with Gasteiger partial charge in [0.05, 0.1) is 11.2 Å². The zero-order valence-corrected chi connectivity index (χ0v) is 15.4. The van der Waals surface area contributed by atoms with E-state index in [4.69, 9.17) is 16.7 Å². The highest BCUT2D eigenvalue weighted by Gasteiger charge is 2.33. The summed E-state index contributed by atoms with van der Waals surface area (Å²) in [5, 5.41) is 10.7. The molecular weight excluding hydrogens is 358 g/mol. The molecular formula is C15H18ClNO4S2.